The van der Waals surface area contributed by atoms with Crippen LogP contribution in [-0.4, -0.2) is 32.1 Å². The summed E-state index contributed by atoms with van der Waals surface area (Å²) in [6.07, 6.45) is 4.64. The molecule has 5 nitrogen and oxygen atoms in total. The molecule has 0 spiro atoms. The minimum absolute atomic E-state index is 0.00903. The van der Waals surface area contributed by atoms with Crippen molar-refractivity contribution in [1.82, 2.24) is 5.32 Å². The molecule has 1 aliphatic heterocycles. The largest absolute Gasteiger partial charge is 0.465 e. The highest BCUT2D eigenvalue weighted by atomic mass is 32.1. The molecule has 2 heterocycles. The van der Waals surface area contributed by atoms with Crippen molar-refractivity contribution in [3.8, 4) is 0 Å². The number of methoxy groups -OCH3 is 1. The maximum Gasteiger partial charge on any atom is 0.341 e. The van der Waals surface area contributed by atoms with Gasteiger partial charge in [-0.15, -0.1) is 11.3 Å². The van der Waals surface area contributed by atoms with E-state index in [9.17, 15) is 9.59 Å². The Labute approximate surface area is 128 Å². The van der Waals surface area contributed by atoms with Crippen LogP contribution in [0.1, 0.15) is 40.1 Å². The van der Waals surface area contributed by atoms with Gasteiger partial charge in [0.1, 0.15) is 5.00 Å². The molecule has 1 saturated heterocycles. The fraction of sp³-hybridized carbons (Fsp3) is 0.600. The first-order valence-corrected chi connectivity index (χ1v) is 8.24. The van der Waals surface area contributed by atoms with Gasteiger partial charge in [0, 0.05) is 11.3 Å². The lowest BCUT2D eigenvalue weighted by Crippen LogP contribution is -2.43. The van der Waals surface area contributed by atoms with Gasteiger partial charge in [0.25, 0.3) is 0 Å². The maximum atomic E-state index is 12.1. The molecule has 0 unspecified atom stereocenters. The second-order valence-electron chi connectivity index (χ2n) is 5.68. The Morgan fingerprint density at radius 1 is 1.33 bits per heavy atom. The normalized spacial score (nSPS) is 17.8. The van der Waals surface area contributed by atoms with Crippen LogP contribution >= 0.6 is 11.3 Å². The Morgan fingerprint density at radius 3 is 2.76 bits per heavy atom. The number of aryl methyl sites for hydroxylation is 1. The third kappa shape index (κ3) is 2.96. The van der Waals surface area contributed by atoms with Crippen LogP contribution < -0.4 is 10.6 Å². The highest BCUT2D eigenvalue weighted by Crippen LogP contribution is 2.38. The van der Waals surface area contributed by atoms with Crippen molar-refractivity contribution in [1.29, 1.82) is 0 Å². The van der Waals surface area contributed by atoms with Crippen molar-refractivity contribution in [2.24, 2.45) is 5.92 Å². The SMILES string of the molecule is COC(=O)c1c(NC(=O)CC2CNC2)sc2c1CCCC2. The Morgan fingerprint density at radius 2 is 2.10 bits per heavy atom. The average Bonchev–Trinajstić information content (AvgIpc) is 2.80. The average molecular weight is 308 g/mol. The minimum Gasteiger partial charge on any atom is -0.465 e. The zero-order valence-electron chi connectivity index (χ0n) is 12.2. The number of hydrogen-bond donors (Lipinski definition) is 2. The van der Waals surface area contributed by atoms with Crippen molar-refractivity contribution >= 4 is 28.2 Å². The number of esters is 1. The summed E-state index contributed by atoms with van der Waals surface area (Å²) in [4.78, 5) is 25.4. The number of hydrogen-bond acceptors (Lipinski definition) is 5. The number of ether oxygens (including phenoxy) is 1. The summed E-state index contributed by atoms with van der Waals surface area (Å²) in [6.45, 7) is 1.80. The number of fused-ring (bicyclic) bond motifs is 1. The molecule has 2 aliphatic rings. The third-order valence-electron chi connectivity index (χ3n) is 4.15. The molecule has 1 amide bonds. The van der Waals surface area contributed by atoms with Gasteiger partial charge >= 0.3 is 5.97 Å². The zero-order chi connectivity index (χ0) is 14.8. The Bertz CT molecular complexity index is 564. The first kappa shape index (κ1) is 14.5. The first-order chi connectivity index (χ1) is 10.2. The van der Waals surface area contributed by atoms with E-state index < -0.39 is 0 Å². The minimum atomic E-state index is -0.338. The van der Waals surface area contributed by atoms with Crippen molar-refractivity contribution in [2.75, 3.05) is 25.5 Å². The lowest BCUT2D eigenvalue weighted by molar-refractivity contribution is -0.117. The molecule has 0 bridgehead atoms. The lowest BCUT2D eigenvalue weighted by atomic mass is 9.95. The Balaban J connectivity index is 1.81. The standard InChI is InChI=1S/C15H20N2O3S/c1-20-15(19)13-10-4-2-3-5-11(10)21-14(13)17-12(18)6-9-7-16-8-9/h9,16H,2-8H2,1H3,(H,17,18). The summed E-state index contributed by atoms with van der Waals surface area (Å²) in [5, 5.41) is 6.76. The van der Waals surface area contributed by atoms with Gasteiger partial charge in [-0.1, -0.05) is 0 Å². The molecule has 2 N–H and O–H groups in total. The molecule has 1 aromatic rings. The highest BCUT2D eigenvalue weighted by Gasteiger charge is 2.28. The van der Waals surface area contributed by atoms with Gasteiger partial charge in [-0.2, -0.15) is 0 Å². The molecule has 114 valence electrons. The van der Waals surface area contributed by atoms with E-state index in [0.717, 1.165) is 44.3 Å². The summed E-state index contributed by atoms with van der Waals surface area (Å²) in [7, 11) is 1.39. The quantitative estimate of drug-likeness (QED) is 0.835. The number of nitrogens with one attached hydrogen (secondary N) is 2. The molecular weight excluding hydrogens is 288 g/mol. The number of carbonyl (C=O) groups excluding carboxylic acids is 2. The van der Waals surface area contributed by atoms with E-state index in [4.69, 9.17) is 4.74 Å². The lowest BCUT2D eigenvalue weighted by Gasteiger charge is -2.26. The molecule has 3 rings (SSSR count). The zero-order valence-corrected chi connectivity index (χ0v) is 13.0. The van der Waals surface area contributed by atoms with E-state index in [-0.39, 0.29) is 11.9 Å². The number of anilines is 1. The van der Waals surface area contributed by atoms with Gasteiger partial charge in [-0.05, 0) is 50.3 Å². The van der Waals surface area contributed by atoms with Crippen molar-refractivity contribution in [3.63, 3.8) is 0 Å². The fourth-order valence-corrected chi connectivity index (χ4v) is 4.20. The summed E-state index contributed by atoms with van der Waals surface area (Å²) in [5.41, 5.74) is 1.66. The van der Waals surface area contributed by atoms with Gasteiger partial charge in [0.2, 0.25) is 5.91 Å². The van der Waals surface area contributed by atoms with E-state index in [1.54, 1.807) is 0 Å². The molecule has 21 heavy (non-hydrogen) atoms. The molecule has 1 aromatic heterocycles. The molecular formula is C15H20N2O3S. The topological polar surface area (TPSA) is 67.4 Å². The number of thiophene rings is 1. The van der Waals surface area contributed by atoms with Crippen LogP contribution in [0.2, 0.25) is 0 Å². The van der Waals surface area contributed by atoms with Crippen LogP contribution in [0.5, 0.6) is 0 Å². The van der Waals surface area contributed by atoms with Gasteiger partial charge in [0.15, 0.2) is 0 Å². The Kier molecular flexibility index (Phi) is 4.26. The third-order valence-corrected chi connectivity index (χ3v) is 5.36. The molecule has 0 atom stereocenters. The second-order valence-corrected chi connectivity index (χ2v) is 6.79. The number of rotatable bonds is 4. The maximum absolute atomic E-state index is 12.1. The first-order valence-electron chi connectivity index (χ1n) is 7.42. The van der Waals surface area contributed by atoms with Crippen LogP contribution in [0.4, 0.5) is 5.00 Å². The van der Waals surface area contributed by atoms with Gasteiger partial charge in [-0.3, -0.25) is 4.79 Å². The van der Waals surface area contributed by atoms with E-state index in [1.807, 2.05) is 0 Å². The van der Waals surface area contributed by atoms with Gasteiger partial charge in [-0.25, -0.2) is 4.79 Å². The second kappa shape index (κ2) is 6.15. The molecule has 1 fully saturated rings. The summed E-state index contributed by atoms with van der Waals surface area (Å²) < 4.78 is 4.90. The van der Waals surface area contributed by atoms with E-state index in [2.05, 4.69) is 10.6 Å². The summed E-state index contributed by atoms with van der Waals surface area (Å²) >= 11 is 1.54. The fourth-order valence-electron chi connectivity index (χ4n) is 2.90. The van der Waals surface area contributed by atoms with Crippen molar-refractivity contribution < 1.29 is 14.3 Å². The molecule has 0 radical (unpaired) electrons. The predicted molar refractivity (Wildman–Crippen MR) is 81.9 cm³/mol. The van der Waals surface area contributed by atoms with E-state index in [1.165, 1.54) is 23.3 Å². The molecule has 1 aliphatic carbocycles. The van der Waals surface area contributed by atoms with Crippen LogP contribution in [0.15, 0.2) is 0 Å². The summed E-state index contributed by atoms with van der Waals surface area (Å²) in [5.74, 6) is 0.0708. The Hall–Kier alpha value is -1.40. The van der Waals surface area contributed by atoms with E-state index >= 15 is 0 Å². The van der Waals surface area contributed by atoms with Crippen molar-refractivity contribution in [3.05, 3.63) is 16.0 Å². The van der Waals surface area contributed by atoms with Crippen molar-refractivity contribution in [2.45, 2.75) is 32.1 Å². The molecule has 0 aromatic carbocycles. The van der Waals surface area contributed by atoms with Gasteiger partial charge < -0.3 is 15.4 Å². The monoisotopic (exact) mass is 308 g/mol. The van der Waals surface area contributed by atoms with Crippen LogP contribution in [0, 0.1) is 5.92 Å². The smallest absolute Gasteiger partial charge is 0.341 e. The number of amides is 1. The molecule has 0 saturated carbocycles. The van der Waals surface area contributed by atoms with E-state index in [0.29, 0.717) is 22.9 Å². The van der Waals surface area contributed by atoms with Gasteiger partial charge in [0.05, 0.1) is 12.7 Å². The van der Waals surface area contributed by atoms with Crippen LogP contribution in [-0.2, 0) is 22.4 Å². The summed E-state index contributed by atoms with van der Waals surface area (Å²) in [6, 6.07) is 0. The highest BCUT2D eigenvalue weighted by molar-refractivity contribution is 7.17. The number of carbonyl (C=O) groups is 2. The molecule has 6 heteroatoms. The van der Waals surface area contributed by atoms with Crippen LogP contribution in [0.25, 0.3) is 0 Å². The van der Waals surface area contributed by atoms with Crippen LogP contribution in [0.3, 0.4) is 0 Å². The predicted octanol–water partition coefficient (Wildman–Crippen LogP) is 1.96.